The number of hydrogen-bond acceptors (Lipinski definition) is 3. The fourth-order valence-electron chi connectivity index (χ4n) is 1.94. The third kappa shape index (κ3) is 3.85. The Kier molecular flexibility index (Phi) is 6.81. The van der Waals surface area contributed by atoms with Gasteiger partial charge in [0.2, 0.25) is 0 Å². The number of nitrogens with zero attached hydrogens (tertiary/aromatic N) is 2. The first kappa shape index (κ1) is 16.1. The molecule has 1 aliphatic heterocycles. The van der Waals surface area contributed by atoms with Crippen molar-refractivity contribution in [2.45, 2.75) is 19.3 Å². The zero-order chi connectivity index (χ0) is 11.5. The van der Waals surface area contributed by atoms with Crippen LogP contribution >= 0.6 is 12.4 Å². The third-order valence-corrected chi connectivity index (χ3v) is 4.75. The Balaban J connectivity index is 0.00000225. The van der Waals surface area contributed by atoms with E-state index in [1.54, 1.807) is 18.4 Å². The lowest BCUT2D eigenvalue weighted by atomic mass is 9.96. The van der Waals surface area contributed by atoms with Crippen molar-refractivity contribution in [3.05, 3.63) is 0 Å². The summed E-state index contributed by atoms with van der Waals surface area (Å²) in [6.45, 7) is 1.90. The molecule has 7 heteroatoms. The molecule has 0 aliphatic carbocycles. The summed E-state index contributed by atoms with van der Waals surface area (Å²) in [6.07, 6.45) is 2.95. The fourth-order valence-corrected chi connectivity index (χ4v) is 3.16. The second-order valence-corrected chi connectivity index (χ2v) is 6.38. The molecule has 0 radical (unpaired) electrons. The smallest absolute Gasteiger partial charge is 0.281 e. The van der Waals surface area contributed by atoms with E-state index in [1.807, 2.05) is 0 Å². The first-order chi connectivity index (χ1) is 6.98. The second kappa shape index (κ2) is 6.76. The number of nitrogens with two attached hydrogens (primary N) is 1. The van der Waals surface area contributed by atoms with E-state index in [2.05, 4.69) is 0 Å². The van der Waals surface area contributed by atoms with Gasteiger partial charge in [0.05, 0.1) is 0 Å². The summed E-state index contributed by atoms with van der Waals surface area (Å²) in [5, 5.41) is 0. The van der Waals surface area contributed by atoms with Gasteiger partial charge >= 0.3 is 0 Å². The molecule has 0 aromatic heterocycles. The Hall–Kier alpha value is 0.120. The molecule has 1 heterocycles. The van der Waals surface area contributed by atoms with Crippen LogP contribution in [0.25, 0.3) is 0 Å². The van der Waals surface area contributed by atoms with E-state index in [1.165, 1.54) is 4.31 Å². The van der Waals surface area contributed by atoms with Crippen LogP contribution in [0.2, 0.25) is 0 Å². The Morgan fingerprint density at radius 2 is 2.06 bits per heavy atom. The topological polar surface area (TPSA) is 66.6 Å². The van der Waals surface area contributed by atoms with Crippen LogP contribution in [0.4, 0.5) is 0 Å². The SMILES string of the molecule is CN(C)S(=O)(=O)N1CCCC(CCN)C1.Cl. The highest BCUT2D eigenvalue weighted by atomic mass is 35.5. The minimum atomic E-state index is -3.23. The van der Waals surface area contributed by atoms with Crippen LogP contribution in [0.1, 0.15) is 19.3 Å². The first-order valence-corrected chi connectivity index (χ1v) is 6.76. The molecule has 2 N–H and O–H groups in total. The molecule has 0 aromatic rings. The van der Waals surface area contributed by atoms with Crippen molar-refractivity contribution in [2.24, 2.45) is 11.7 Å². The van der Waals surface area contributed by atoms with Crippen LogP contribution in [0, 0.1) is 5.92 Å². The van der Waals surface area contributed by atoms with Crippen molar-refractivity contribution >= 4 is 22.6 Å². The highest BCUT2D eigenvalue weighted by Gasteiger charge is 2.29. The predicted octanol–water partition coefficient (Wildman–Crippen LogP) is 0.275. The third-order valence-electron chi connectivity index (χ3n) is 2.84. The van der Waals surface area contributed by atoms with Crippen LogP contribution < -0.4 is 5.73 Å². The van der Waals surface area contributed by atoms with Gasteiger partial charge in [-0.2, -0.15) is 17.0 Å². The zero-order valence-electron chi connectivity index (χ0n) is 9.92. The van der Waals surface area contributed by atoms with E-state index in [-0.39, 0.29) is 12.4 Å². The lowest BCUT2D eigenvalue weighted by Crippen LogP contribution is -2.45. The molecule has 1 saturated heterocycles. The maximum Gasteiger partial charge on any atom is 0.281 e. The maximum absolute atomic E-state index is 11.9. The molecule has 0 amide bonds. The molecule has 0 bridgehead atoms. The van der Waals surface area contributed by atoms with Gasteiger partial charge in [-0.25, -0.2) is 0 Å². The van der Waals surface area contributed by atoms with Crippen molar-refractivity contribution in [3.63, 3.8) is 0 Å². The van der Waals surface area contributed by atoms with E-state index in [9.17, 15) is 8.42 Å². The first-order valence-electron chi connectivity index (χ1n) is 5.36. The predicted molar refractivity (Wildman–Crippen MR) is 67.8 cm³/mol. The Bertz CT molecular complexity index is 293. The van der Waals surface area contributed by atoms with Gasteiger partial charge in [0, 0.05) is 27.2 Å². The minimum absolute atomic E-state index is 0. The van der Waals surface area contributed by atoms with Gasteiger partial charge in [-0.1, -0.05) is 0 Å². The summed E-state index contributed by atoms with van der Waals surface area (Å²) in [4.78, 5) is 0. The van der Waals surface area contributed by atoms with E-state index in [4.69, 9.17) is 5.73 Å². The molecular weight excluding hydrogens is 250 g/mol. The summed E-state index contributed by atoms with van der Waals surface area (Å²) in [5.41, 5.74) is 5.50. The highest BCUT2D eigenvalue weighted by molar-refractivity contribution is 7.86. The van der Waals surface area contributed by atoms with Crippen LogP contribution in [0.5, 0.6) is 0 Å². The Labute approximate surface area is 105 Å². The molecule has 98 valence electrons. The molecule has 1 rings (SSSR count). The molecule has 5 nitrogen and oxygen atoms in total. The average molecular weight is 272 g/mol. The summed E-state index contributed by atoms with van der Waals surface area (Å²) in [6, 6.07) is 0. The molecule has 1 unspecified atom stereocenters. The molecule has 0 spiro atoms. The summed E-state index contributed by atoms with van der Waals surface area (Å²) in [5.74, 6) is 0.429. The van der Waals surface area contributed by atoms with E-state index >= 15 is 0 Å². The largest absolute Gasteiger partial charge is 0.330 e. The molecule has 16 heavy (non-hydrogen) atoms. The molecule has 1 atom stereocenters. The minimum Gasteiger partial charge on any atom is -0.330 e. The quantitative estimate of drug-likeness (QED) is 0.799. The average Bonchev–Trinajstić information content (AvgIpc) is 2.18. The summed E-state index contributed by atoms with van der Waals surface area (Å²) >= 11 is 0. The second-order valence-electron chi connectivity index (χ2n) is 4.23. The number of piperidine rings is 1. The highest BCUT2D eigenvalue weighted by Crippen LogP contribution is 2.21. The maximum atomic E-state index is 11.9. The van der Waals surface area contributed by atoms with Crippen molar-refractivity contribution in [3.8, 4) is 0 Å². The van der Waals surface area contributed by atoms with Gasteiger partial charge in [0.15, 0.2) is 0 Å². The number of halogens is 1. The standard InChI is InChI=1S/C9H21N3O2S.ClH/c1-11(2)15(13,14)12-7-3-4-9(8-12)5-6-10;/h9H,3-8,10H2,1-2H3;1H. The molecular formula is C9H22ClN3O2S. The van der Waals surface area contributed by atoms with E-state index < -0.39 is 10.2 Å². The zero-order valence-corrected chi connectivity index (χ0v) is 11.6. The van der Waals surface area contributed by atoms with Gasteiger partial charge < -0.3 is 5.73 Å². The molecule has 1 aliphatic rings. The van der Waals surface area contributed by atoms with Gasteiger partial charge in [0.25, 0.3) is 10.2 Å². The van der Waals surface area contributed by atoms with Crippen molar-refractivity contribution < 1.29 is 8.42 Å². The van der Waals surface area contributed by atoms with E-state index in [0.717, 1.165) is 19.3 Å². The molecule has 1 fully saturated rings. The van der Waals surface area contributed by atoms with Crippen molar-refractivity contribution in [2.75, 3.05) is 33.7 Å². The van der Waals surface area contributed by atoms with Gasteiger partial charge in [-0.15, -0.1) is 12.4 Å². The Morgan fingerprint density at radius 1 is 1.44 bits per heavy atom. The van der Waals surface area contributed by atoms with Crippen LogP contribution in [0.3, 0.4) is 0 Å². The van der Waals surface area contributed by atoms with Crippen LogP contribution in [0.15, 0.2) is 0 Å². The Morgan fingerprint density at radius 3 is 2.56 bits per heavy atom. The molecule has 0 saturated carbocycles. The van der Waals surface area contributed by atoms with Gasteiger partial charge in [-0.05, 0) is 31.7 Å². The lowest BCUT2D eigenvalue weighted by molar-refractivity contribution is 0.248. The van der Waals surface area contributed by atoms with Crippen molar-refractivity contribution in [1.82, 2.24) is 8.61 Å². The van der Waals surface area contributed by atoms with Crippen molar-refractivity contribution in [1.29, 1.82) is 0 Å². The van der Waals surface area contributed by atoms with Gasteiger partial charge in [-0.3, -0.25) is 0 Å². The summed E-state index contributed by atoms with van der Waals surface area (Å²) < 4.78 is 26.6. The fraction of sp³-hybridized carbons (Fsp3) is 1.00. The van der Waals surface area contributed by atoms with Crippen LogP contribution in [-0.4, -0.2) is 50.8 Å². The lowest BCUT2D eigenvalue weighted by Gasteiger charge is -2.33. The normalized spacial score (nSPS) is 23.1. The number of hydrogen-bond donors (Lipinski definition) is 1. The number of rotatable bonds is 4. The van der Waals surface area contributed by atoms with Gasteiger partial charge in [0.1, 0.15) is 0 Å². The molecule has 0 aromatic carbocycles. The monoisotopic (exact) mass is 271 g/mol. The van der Waals surface area contributed by atoms with E-state index in [0.29, 0.717) is 25.6 Å². The van der Waals surface area contributed by atoms with Crippen LogP contribution in [-0.2, 0) is 10.2 Å². The summed E-state index contributed by atoms with van der Waals surface area (Å²) in [7, 11) is -0.0827.